The summed E-state index contributed by atoms with van der Waals surface area (Å²) in [6.07, 6.45) is 6.94. The Morgan fingerprint density at radius 3 is 2.64 bits per heavy atom. The molecule has 2 heterocycles. The van der Waals surface area contributed by atoms with Gasteiger partial charge in [-0.3, -0.25) is 0 Å². The number of fused-ring (bicyclic) bond motifs is 1. The second kappa shape index (κ2) is 6.76. The van der Waals surface area contributed by atoms with Crippen LogP contribution in [0.4, 0.5) is 5.95 Å². The number of nitrogens with two attached hydrogens (primary N) is 1. The van der Waals surface area contributed by atoms with Gasteiger partial charge in [0.25, 0.3) is 0 Å². The molecule has 1 aliphatic carbocycles. The number of nitrogens with zero attached hydrogens (tertiary/aromatic N) is 5. The highest BCUT2D eigenvalue weighted by Gasteiger charge is 2.19. The minimum Gasteiger partial charge on any atom is -0.351 e. The smallest absolute Gasteiger partial charge is 0.225 e. The Balaban J connectivity index is 1.60. The first-order valence-corrected chi connectivity index (χ1v) is 8.93. The van der Waals surface area contributed by atoms with Crippen molar-refractivity contribution in [3.05, 3.63) is 36.0 Å². The van der Waals surface area contributed by atoms with Crippen molar-refractivity contribution in [2.45, 2.75) is 51.1 Å². The lowest BCUT2D eigenvalue weighted by atomic mass is 9.92. The maximum atomic E-state index is 5.98. The third-order valence-electron chi connectivity index (χ3n) is 4.89. The second-order valence-electron chi connectivity index (χ2n) is 6.68. The summed E-state index contributed by atoms with van der Waals surface area (Å²) < 4.78 is 1.76. The fourth-order valence-corrected chi connectivity index (χ4v) is 3.29. The number of aromatic nitrogens is 5. The van der Waals surface area contributed by atoms with Crippen molar-refractivity contribution in [3.8, 4) is 5.69 Å². The summed E-state index contributed by atoms with van der Waals surface area (Å²) in [5.74, 6) is 0.627. The van der Waals surface area contributed by atoms with Crippen LogP contribution in [-0.4, -0.2) is 37.0 Å². The molecule has 0 atom stereocenters. The number of hydrogen-bond donors (Lipinski definition) is 2. The average molecular weight is 337 g/mol. The van der Waals surface area contributed by atoms with Crippen LogP contribution in [0.25, 0.3) is 16.9 Å². The van der Waals surface area contributed by atoms with Gasteiger partial charge < -0.3 is 11.1 Å². The highest BCUT2D eigenvalue weighted by molar-refractivity contribution is 5.71. The Kier molecular flexibility index (Phi) is 4.31. The van der Waals surface area contributed by atoms with Crippen molar-refractivity contribution in [2.75, 3.05) is 5.32 Å². The molecule has 1 aromatic carbocycles. The maximum Gasteiger partial charge on any atom is 0.225 e. The van der Waals surface area contributed by atoms with E-state index in [1.165, 1.54) is 5.56 Å². The van der Waals surface area contributed by atoms with Crippen LogP contribution in [0.5, 0.6) is 0 Å². The van der Waals surface area contributed by atoms with Crippen LogP contribution in [0, 0.1) is 0 Å². The molecule has 0 radical (unpaired) electrons. The molecule has 7 nitrogen and oxygen atoms in total. The zero-order valence-electron chi connectivity index (χ0n) is 14.4. The molecular weight excluding hydrogens is 314 g/mol. The molecule has 7 heteroatoms. The SMILES string of the molecule is CCc1ccc(-n2nnc3cnc(NC4CCC(N)CC4)nc32)cc1. The van der Waals surface area contributed by atoms with Crippen LogP contribution >= 0.6 is 0 Å². The highest BCUT2D eigenvalue weighted by atomic mass is 15.4. The fraction of sp³-hybridized carbons (Fsp3) is 0.444. The molecule has 0 saturated heterocycles. The van der Waals surface area contributed by atoms with E-state index in [0.717, 1.165) is 37.8 Å². The van der Waals surface area contributed by atoms with E-state index in [0.29, 0.717) is 29.2 Å². The standard InChI is InChI=1S/C18H23N7/c1-2-12-3-9-15(10-4-12)25-17-16(23-24-25)11-20-18(22-17)21-14-7-5-13(19)6-8-14/h3-4,9-11,13-14H,2,5-8,19H2,1H3,(H,20,21,22). The van der Waals surface area contributed by atoms with Gasteiger partial charge in [0.15, 0.2) is 11.2 Å². The van der Waals surface area contributed by atoms with E-state index in [9.17, 15) is 0 Å². The van der Waals surface area contributed by atoms with Crippen LogP contribution in [-0.2, 0) is 6.42 Å². The third kappa shape index (κ3) is 3.32. The van der Waals surface area contributed by atoms with Crippen LogP contribution in [0.2, 0.25) is 0 Å². The molecule has 0 bridgehead atoms. The van der Waals surface area contributed by atoms with E-state index in [4.69, 9.17) is 5.73 Å². The summed E-state index contributed by atoms with van der Waals surface area (Å²) in [5.41, 5.74) is 9.63. The predicted molar refractivity (Wildman–Crippen MR) is 97.7 cm³/mol. The minimum absolute atomic E-state index is 0.332. The Morgan fingerprint density at radius 1 is 1.16 bits per heavy atom. The third-order valence-corrected chi connectivity index (χ3v) is 4.89. The number of nitrogens with one attached hydrogen (secondary N) is 1. The van der Waals surface area contributed by atoms with E-state index in [1.54, 1.807) is 10.9 Å². The average Bonchev–Trinajstić information content (AvgIpc) is 3.07. The number of anilines is 1. The summed E-state index contributed by atoms with van der Waals surface area (Å²) >= 11 is 0. The summed E-state index contributed by atoms with van der Waals surface area (Å²) in [6, 6.07) is 9.02. The summed E-state index contributed by atoms with van der Waals surface area (Å²) in [6.45, 7) is 2.14. The number of benzene rings is 1. The van der Waals surface area contributed by atoms with Gasteiger partial charge in [-0.15, -0.1) is 5.10 Å². The lowest BCUT2D eigenvalue weighted by Crippen LogP contribution is -2.33. The normalized spacial score (nSPS) is 20.7. The number of rotatable bonds is 4. The van der Waals surface area contributed by atoms with Gasteiger partial charge in [0.05, 0.1) is 11.9 Å². The van der Waals surface area contributed by atoms with E-state index < -0.39 is 0 Å². The molecule has 3 N–H and O–H groups in total. The largest absolute Gasteiger partial charge is 0.351 e. The fourth-order valence-electron chi connectivity index (χ4n) is 3.29. The summed E-state index contributed by atoms with van der Waals surface area (Å²) in [7, 11) is 0. The molecule has 1 saturated carbocycles. The van der Waals surface area contributed by atoms with Crippen molar-refractivity contribution in [1.29, 1.82) is 0 Å². The van der Waals surface area contributed by atoms with Gasteiger partial charge >= 0.3 is 0 Å². The molecule has 3 aromatic rings. The molecule has 0 amide bonds. The molecule has 0 unspecified atom stereocenters. The van der Waals surface area contributed by atoms with Crippen molar-refractivity contribution in [2.24, 2.45) is 5.73 Å². The van der Waals surface area contributed by atoms with Gasteiger partial charge in [0, 0.05) is 12.1 Å². The van der Waals surface area contributed by atoms with Gasteiger partial charge in [0.2, 0.25) is 5.95 Å². The first kappa shape index (κ1) is 16.0. The Hall–Kier alpha value is -2.54. The molecule has 0 aliphatic heterocycles. The second-order valence-corrected chi connectivity index (χ2v) is 6.68. The van der Waals surface area contributed by atoms with E-state index in [-0.39, 0.29) is 0 Å². The van der Waals surface area contributed by atoms with Crippen LogP contribution in [0.3, 0.4) is 0 Å². The lowest BCUT2D eigenvalue weighted by molar-refractivity contribution is 0.410. The zero-order valence-corrected chi connectivity index (χ0v) is 14.4. The van der Waals surface area contributed by atoms with Crippen LogP contribution in [0.1, 0.15) is 38.2 Å². The minimum atomic E-state index is 0.332. The van der Waals surface area contributed by atoms with Crippen LogP contribution in [0.15, 0.2) is 30.5 Å². The maximum absolute atomic E-state index is 5.98. The first-order valence-electron chi connectivity index (χ1n) is 8.93. The van der Waals surface area contributed by atoms with E-state index in [2.05, 4.69) is 44.7 Å². The van der Waals surface area contributed by atoms with Crippen molar-refractivity contribution in [1.82, 2.24) is 25.0 Å². The summed E-state index contributed by atoms with van der Waals surface area (Å²) in [5, 5.41) is 11.9. The molecule has 1 aliphatic rings. The van der Waals surface area contributed by atoms with Gasteiger partial charge in [-0.05, 0) is 49.8 Å². The van der Waals surface area contributed by atoms with Crippen molar-refractivity contribution < 1.29 is 0 Å². The molecule has 4 rings (SSSR count). The molecule has 2 aromatic heterocycles. The molecule has 1 fully saturated rings. The topological polar surface area (TPSA) is 94.5 Å². The summed E-state index contributed by atoms with van der Waals surface area (Å²) in [4.78, 5) is 9.04. The first-order chi connectivity index (χ1) is 12.2. The molecular formula is C18H23N7. The predicted octanol–water partition coefficient (Wildman–Crippen LogP) is 2.45. The van der Waals surface area contributed by atoms with Gasteiger partial charge in [-0.25, -0.2) is 4.98 Å². The van der Waals surface area contributed by atoms with E-state index in [1.807, 2.05) is 12.1 Å². The number of hydrogen-bond acceptors (Lipinski definition) is 6. The lowest BCUT2D eigenvalue weighted by Gasteiger charge is -2.26. The van der Waals surface area contributed by atoms with Crippen molar-refractivity contribution in [3.63, 3.8) is 0 Å². The van der Waals surface area contributed by atoms with Gasteiger partial charge in [-0.1, -0.05) is 24.3 Å². The highest BCUT2D eigenvalue weighted by Crippen LogP contribution is 2.21. The van der Waals surface area contributed by atoms with Gasteiger partial charge in [-0.2, -0.15) is 9.67 Å². The number of aryl methyl sites for hydroxylation is 1. The Bertz CT molecular complexity index is 847. The Morgan fingerprint density at radius 2 is 1.92 bits per heavy atom. The Labute approximate surface area is 146 Å². The molecule has 130 valence electrons. The van der Waals surface area contributed by atoms with E-state index >= 15 is 0 Å². The quantitative estimate of drug-likeness (QED) is 0.759. The monoisotopic (exact) mass is 337 g/mol. The van der Waals surface area contributed by atoms with Crippen LogP contribution < -0.4 is 11.1 Å². The van der Waals surface area contributed by atoms with Crippen molar-refractivity contribution >= 4 is 17.1 Å². The van der Waals surface area contributed by atoms with Gasteiger partial charge in [0.1, 0.15) is 0 Å². The molecule has 25 heavy (non-hydrogen) atoms. The molecule has 0 spiro atoms. The zero-order chi connectivity index (χ0) is 17.2.